The van der Waals surface area contributed by atoms with E-state index in [4.69, 9.17) is 9.15 Å². The summed E-state index contributed by atoms with van der Waals surface area (Å²) in [5, 5.41) is 1.10. The van der Waals surface area contributed by atoms with Crippen molar-refractivity contribution >= 4 is 11.0 Å². The monoisotopic (exact) mass is 214 g/mol. The minimum atomic E-state index is -0.0939. The third-order valence-electron chi connectivity index (χ3n) is 2.34. The van der Waals surface area contributed by atoms with E-state index in [1.807, 2.05) is 37.3 Å². The molecule has 1 heterocycles. The smallest absolute Gasteiger partial charge is 0.152 e. The Morgan fingerprint density at radius 1 is 1.38 bits per heavy atom. The molecule has 1 aromatic carbocycles. The van der Waals surface area contributed by atoms with E-state index in [1.54, 1.807) is 18.4 Å². The number of fused-ring (bicyclic) bond motifs is 1. The molecule has 1 unspecified atom stereocenters. The van der Waals surface area contributed by atoms with Crippen LogP contribution in [0.2, 0.25) is 0 Å². The van der Waals surface area contributed by atoms with Crippen LogP contribution < -0.4 is 0 Å². The molecule has 2 heteroatoms. The highest BCUT2D eigenvalue weighted by atomic mass is 16.5. The van der Waals surface area contributed by atoms with Gasteiger partial charge in [0.2, 0.25) is 0 Å². The molecule has 0 radical (unpaired) electrons. The van der Waals surface area contributed by atoms with E-state index in [0.29, 0.717) is 0 Å². The number of rotatable bonds is 4. The Hall–Kier alpha value is -1.96. The normalized spacial score (nSPS) is 13.1. The summed E-state index contributed by atoms with van der Waals surface area (Å²) in [6, 6.07) is 9.92. The lowest BCUT2D eigenvalue weighted by molar-refractivity contribution is 0.142. The summed E-state index contributed by atoms with van der Waals surface area (Å²) >= 11 is 0. The predicted octanol–water partition coefficient (Wildman–Crippen LogP) is 4.21. The molecule has 0 spiro atoms. The molecule has 2 nitrogen and oxygen atoms in total. The fourth-order valence-electron chi connectivity index (χ4n) is 1.49. The maximum Gasteiger partial charge on any atom is 0.152 e. The second-order valence-electron chi connectivity index (χ2n) is 3.53. The summed E-state index contributed by atoms with van der Waals surface area (Å²) < 4.78 is 11.1. The maximum atomic E-state index is 5.68. The van der Waals surface area contributed by atoms with Gasteiger partial charge in [0.15, 0.2) is 6.10 Å². The second kappa shape index (κ2) is 4.71. The molecule has 2 rings (SSSR count). The highest BCUT2D eigenvalue weighted by Crippen LogP contribution is 2.25. The molecular formula is C14H14O2. The molecule has 0 fully saturated rings. The van der Waals surface area contributed by atoms with Gasteiger partial charge in [0.25, 0.3) is 0 Å². The first kappa shape index (κ1) is 10.6. The van der Waals surface area contributed by atoms with E-state index < -0.39 is 0 Å². The van der Waals surface area contributed by atoms with Crippen LogP contribution in [0.3, 0.4) is 0 Å². The molecular weight excluding hydrogens is 200 g/mol. The zero-order chi connectivity index (χ0) is 11.4. The average molecular weight is 214 g/mol. The number of ether oxygens (including phenoxy) is 1. The van der Waals surface area contributed by atoms with Crippen molar-refractivity contribution in [2.75, 3.05) is 0 Å². The van der Waals surface area contributed by atoms with Crippen molar-refractivity contribution in [3.05, 3.63) is 61.1 Å². The van der Waals surface area contributed by atoms with Gasteiger partial charge in [-0.1, -0.05) is 30.9 Å². The van der Waals surface area contributed by atoms with Crippen molar-refractivity contribution in [1.29, 1.82) is 0 Å². The van der Waals surface area contributed by atoms with Gasteiger partial charge in [-0.3, -0.25) is 0 Å². The van der Waals surface area contributed by atoms with Gasteiger partial charge in [-0.2, -0.15) is 0 Å². The Bertz CT molecular complexity index is 475. The zero-order valence-electron chi connectivity index (χ0n) is 9.22. The van der Waals surface area contributed by atoms with Crippen LogP contribution in [0.5, 0.6) is 0 Å². The van der Waals surface area contributed by atoms with Crippen LogP contribution in [0.25, 0.3) is 11.0 Å². The van der Waals surface area contributed by atoms with E-state index in [9.17, 15) is 0 Å². The third-order valence-corrected chi connectivity index (χ3v) is 2.34. The van der Waals surface area contributed by atoms with E-state index in [-0.39, 0.29) is 6.10 Å². The van der Waals surface area contributed by atoms with E-state index in [1.165, 1.54) is 0 Å². The van der Waals surface area contributed by atoms with Crippen LogP contribution in [-0.2, 0) is 4.74 Å². The molecule has 0 aliphatic heterocycles. The first-order valence-corrected chi connectivity index (χ1v) is 5.23. The van der Waals surface area contributed by atoms with Crippen LogP contribution >= 0.6 is 0 Å². The third kappa shape index (κ3) is 2.16. The lowest BCUT2D eigenvalue weighted by Crippen LogP contribution is -1.91. The first-order valence-electron chi connectivity index (χ1n) is 5.23. The minimum Gasteiger partial charge on any atom is -0.490 e. The Balaban J connectivity index is 2.19. The van der Waals surface area contributed by atoms with Crippen molar-refractivity contribution < 1.29 is 9.15 Å². The van der Waals surface area contributed by atoms with E-state index >= 15 is 0 Å². The molecule has 16 heavy (non-hydrogen) atoms. The van der Waals surface area contributed by atoms with Gasteiger partial charge >= 0.3 is 0 Å². The largest absolute Gasteiger partial charge is 0.490 e. The van der Waals surface area contributed by atoms with Gasteiger partial charge in [0.1, 0.15) is 11.3 Å². The topological polar surface area (TPSA) is 22.4 Å². The molecule has 1 atom stereocenters. The zero-order valence-corrected chi connectivity index (χ0v) is 9.22. The Morgan fingerprint density at radius 3 is 2.94 bits per heavy atom. The predicted molar refractivity (Wildman–Crippen MR) is 65.1 cm³/mol. The fourth-order valence-corrected chi connectivity index (χ4v) is 1.49. The molecule has 0 saturated carbocycles. The van der Waals surface area contributed by atoms with E-state index in [0.717, 1.165) is 16.7 Å². The molecule has 0 amide bonds. The first-order chi connectivity index (χ1) is 7.81. The summed E-state index contributed by atoms with van der Waals surface area (Å²) in [4.78, 5) is 0. The van der Waals surface area contributed by atoms with Gasteiger partial charge in [-0.05, 0) is 25.1 Å². The lowest BCUT2D eigenvalue weighted by Gasteiger charge is -2.06. The van der Waals surface area contributed by atoms with Crippen molar-refractivity contribution in [3.8, 4) is 0 Å². The van der Waals surface area contributed by atoms with Crippen molar-refractivity contribution in [2.24, 2.45) is 0 Å². The Kier molecular flexibility index (Phi) is 3.10. The van der Waals surface area contributed by atoms with Crippen molar-refractivity contribution in [1.82, 2.24) is 0 Å². The number of hydrogen-bond acceptors (Lipinski definition) is 2. The van der Waals surface area contributed by atoms with Gasteiger partial charge in [0.05, 0.1) is 6.26 Å². The Labute approximate surface area is 94.8 Å². The average Bonchev–Trinajstić information content (AvgIpc) is 2.73. The van der Waals surface area contributed by atoms with Crippen LogP contribution in [0, 0.1) is 0 Å². The summed E-state index contributed by atoms with van der Waals surface area (Å²) in [6.07, 6.45) is 4.94. The van der Waals surface area contributed by atoms with Gasteiger partial charge in [-0.25, -0.2) is 0 Å². The highest BCUT2D eigenvalue weighted by molar-refractivity contribution is 5.77. The van der Waals surface area contributed by atoms with Crippen LogP contribution in [0.15, 0.2) is 59.7 Å². The van der Waals surface area contributed by atoms with Crippen LogP contribution in [0.4, 0.5) is 0 Å². The summed E-state index contributed by atoms with van der Waals surface area (Å²) in [7, 11) is 0. The number of allylic oxidation sites excluding steroid dienone is 2. The van der Waals surface area contributed by atoms with E-state index in [2.05, 4.69) is 6.58 Å². The maximum absolute atomic E-state index is 5.68. The van der Waals surface area contributed by atoms with Gasteiger partial charge in [-0.15, -0.1) is 0 Å². The molecule has 1 aromatic heterocycles. The molecule has 0 saturated heterocycles. The SMILES string of the molecule is C=CC=COC(C)c1cc2ccccc2o1. The molecule has 0 N–H and O–H groups in total. The summed E-state index contributed by atoms with van der Waals surface area (Å²) in [5.41, 5.74) is 0.889. The molecule has 0 aliphatic carbocycles. The van der Waals surface area contributed by atoms with Crippen LogP contribution in [-0.4, -0.2) is 0 Å². The number of hydrogen-bond donors (Lipinski definition) is 0. The quantitative estimate of drug-likeness (QED) is 0.562. The second-order valence-corrected chi connectivity index (χ2v) is 3.53. The summed E-state index contributed by atoms with van der Waals surface area (Å²) in [6.45, 7) is 5.52. The number of benzene rings is 1. The molecule has 82 valence electrons. The molecule has 2 aromatic rings. The summed E-state index contributed by atoms with van der Waals surface area (Å²) in [5.74, 6) is 0.829. The Morgan fingerprint density at radius 2 is 2.19 bits per heavy atom. The van der Waals surface area contributed by atoms with Gasteiger partial charge in [0, 0.05) is 5.39 Å². The van der Waals surface area contributed by atoms with Crippen molar-refractivity contribution in [2.45, 2.75) is 13.0 Å². The standard InChI is InChI=1S/C14H14O2/c1-3-4-9-15-11(2)14-10-12-7-5-6-8-13(12)16-14/h3-11H,1H2,2H3. The van der Waals surface area contributed by atoms with Crippen LogP contribution in [0.1, 0.15) is 18.8 Å². The minimum absolute atomic E-state index is 0.0939. The van der Waals surface area contributed by atoms with Crippen molar-refractivity contribution in [3.63, 3.8) is 0 Å². The highest BCUT2D eigenvalue weighted by Gasteiger charge is 2.10. The fraction of sp³-hybridized carbons (Fsp3) is 0.143. The molecule has 0 aliphatic rings. The molecule has 0 bridgehead atoms. The number of para-hydroxylation sites is 1. The number of furan rings is 1. The van der Waals surface area contributed by atoms with Gasteiger partial charge < -0.3 is 9.15 Å². The lowest BCUT2D eigenvalue weighted by atomic mass is 10.2.